The third-order valence-corrected chi connectivity index (χ3v) is 10.1. The molecule has 1 aliphatic rings. The lowest BCUT2D eigenvalue weighted by Gasteiger charge is -2.40. The van der Waals surface area contributed by atoms with E-state index in [1.807, 2.05) is 18.2 Å². The molecule has 0 radical (unpaired) electrons. The number of benzene rings is 1. The SMILES string of the molecule is C[C@H]([C@H]1O[C@@H]1c1ccccc1)[C@H](C/C=C/C(=O)O)O[Si](C)(C)C(C)(C)C. The predicted molar refractivity (Wildman–Crippen MR) is 107 cm³/mol. The molecule has 0 amide bonds. The van der Waals surface area contributed by atoms with Crippen LogP contribution in [0.15, 0.2) is 42.5 Å². The molecule has 0 saturated carbocycles. The van der Waals surface area contributed by atoms with E-state index in [0.29, 0.717) is 6.42 Å². The average Bonchev–Trinajstić information content (AvgIpc) is 3.33. The Labute approximate surface area is 158 Å². The maximum absolute atomic E-state index is 10.8. The Hall–Kier alpha value is -1.43. The maximum atomic E-state index is 10.8. The number of rotatable bonds is 8. The molecule has 1 N–H and O–H groups in total. The Balaban J connectivity index is 2.11. The van der Waals surface area contributed by atoms with Gasteiger partial charge >= 0.3 is 5.97 Å². The van der Waals surface area contributed by atoms with Crippen LogP contribution in [-0.4, -0.2) is 31.6 Å². The van der Waals surface area contributed by atoms with Crippen LogP contribution >= 0.6 is 0 Å². The molecule has 2 rings (SSSR count). The minimum atomic E-state index is -1.96. The first-order valence-electron chi connectivity index (χ1n) is 9.30. The lowest BCUT2D eigenvalue weighted by Crippen LogP contribution is -2.46. The zero-order valence-corrected chi connectivity index (χ0v) is 17.7. The van der Waals surface area contributed by atoms with Crippen LogP contribution in [0.4, 0.5) is 0 Å². The molecule has 5 heteroatoms. The van der Waals surface area contributed by atoms with Crippen molar-refractivity contribution in [1.29, 1.82) is 0 Å². The number of epoxide rings is 1. The minimum absolute atomic E-state index is 0.0507. The summed E-state index contributed by atoms with van der Waals surface area (Å²) in [5.41, 5.74) is 1.19. The quantitative estimate of drug-likeness (QED) is 0.386. The number of carboxylic acids is 1. The van der Waals surface area contributed by atoms with Crippen LogP contribution in [-0.2, 0) is 14.0 Å². The van der Waals surface area contributed by atoms with E-state index in [0.717, 1.165) is 0 Å². The fourth-order valence-electron chi connectivity index (χ4n) is 2.87. The summed E-state index contributed by atoms with van der Waals surface area (Å²) in [6.07, 6.45) is 3.67. The standard InChI is InChI=1S/C21H32O4Si/c1-15(19-20(24-19)16-11-8-7-9-12-16)17(13-10-14-18(22)23)25-26(5,6)21(2,3)4/h7-12,14-15,17,19-20H,13H2,1-6H3,(H,22,23)/b14-10+/t15-,17-,19+,20+/m0/s1. The molecule has 4 nitrogen and oxygen atoms in total. The Kier molecular flexibility index (Phi) is 6.48. The second kappa shape index (κ2) is 8.07. The second-order valence-electron chi connectivity index (χ2n) is 8.68. The van der Waals surface area contributed by atoms with Crippen molar-refractivity contribution in [2.45, 2.75) is 70.6 Å². The molecule has 26 heavy (non-hydrogen) atoms. The van der Waals surface area contributed by atoms with Crippen molar-refractivity contribution in [3.05, 3.63) is 48.0 Å². The monoisotopic (exact) mass is 376 g/mol. The number of hydrogen-bond donors (Lipinski definition) is 1. The molecule has 1 fully saturated rings. The molecule has 0 spiro atoms. The molecular weight excluding hydrogens is 344 g/mol. The van der Waals surface area contributed by atoms with Gasteiger partial charge in [-0.1, -0.05) is 64.1 Å². The van der Waals surface area contributed by atoms with Gasteiger partial charge in [0, 0.05) is 12.0 Å². The third-order valence-electron chi connectivity index (χ3n) is 5.64. The van der Waals surface area contributed by atoms with E-state index in [4.69, 9.17) is 14.3 Å². The van der Waals surface area contributed by atoms with Gasteiger partial charge in [0.25, 0.3) is 0 Å². The predicted octanol–water partition coefficient (Wildman–Crippen LogP) is 5.18. The minimum Gasteiger partial charge on any atom is -0.478 e. The van der Waals surface area contributed by atoms with Gasteiger partial charge in [0.1, 0.15) is 6.10 Å². The first kappa shape index (κ1) is 20.9. The summed E-state index contributed by atoms with van der Waals surface area (Å²) in [5, 5.41) is 9.00. The number of aliphatic carboxylic acids is 1. The first-order chi connectivity index (χ1) is 12.0. The lowest BCUT2D eigenvalue weighted by molar-refractivity contribution is -0.131. The number of carbonyl (C=O) groups is 1. The summed E-state index contributed by atoms with van der Waals surface area (Å²) < 4.78 is 12.6. The summed E-state index contributed by atoms with van der Waals surface area (Å²) in [5.74, 6) is -0.735. The summed E-state index contributed by atoms with van der Waals surface area (Å²) >= 11 is 0. The van der Waals surface area contributed by atoms with Crippen molar-refractivity contribution in [3.63, 3.8) is 0 Å². The van der Waals surface area contributed by atoms with Crippen LogP contribution in [0.3, 0.4) is 0 Å². The maximum Gasteiger partial charge on any atom is 0.327 e. The first-order valence-corrected chi connectivity index (χ1v) is 12.2. The Morgan fingerprint density at radius 2 is 1.92 bits per heavy atom. The van der Waals surface area contributed by atoms with E-state index in [-0.39, 0.29) is 29.3 Å². The van der Waals surface area contributed by atoms with Gasteiger partial charge in [-0.05, 0) is 30.1 Å². The lowest BCUT2D eigenvalue weighted by atomic mass is 9.94. The van der Waals surface area contributed by atoms with E-state index in [9.17, 15) is 4.79 Å². The average molecular weight is 377 g/mol. The zero-order valence-electron chi connectivity index (χ0n) is 16.7. The topological polar surface area (TPSA) is 59.1 Å². The van der Waals surface area contributed by atoms with Crippen LogP contribution in [0.1, 0.15) is 45.8 Å². The van der Waals surface area contributed by atoms with Crippen LogP contribution in [0.2, 0.25) is 18.1 Å². The summed E-state index contributed by atoms with van der Waals surface area (Å²) in [7, 11) is -1.96. The number of ether oxygens (including phenoxy) is 1. The van der Waals surface area contributed by atoms with Crippen molar-refractivity contribution < 1.29 is 19.1 Å². The van der Waals surface area contributed by atoms with Gasteiger partial charge in [-0.25, -0.2) is 4.79 Å². The normalized spacial score (nSPS) is 23.0. The molecule has 1 saturated heterocycles. The van der Waals surface area contributed by atoms with Gasteiger partial charge in [-0.15, -0.1) is 0 Å². The number of carboxylic acid groups (broad SMARTS) is 1. The molecule has 1 aromatic rings. The highest BCUT2D eigenvalue weighted by Gasteiger charge is 2.48. The fraction of sp³-hybridized carbons (Fsp3) is 0.571. The van der Waals surface area contributed by atoms with Crippen molar-refractivity contribution in [3.8, 4) is 0 Å². The van der Waals surface area contributed by atoms with Crippen molar-refractivity contribution in [2.75, 3.05) is 0 Å². The summed E-state index contributed by atoms with van der Waals surface area (Å²) in [4.78, 5) is 10.8. The number of hydrogen-bond acceptors (Lipinski definition) is 3. The Morgan fingerprint density at radius 1 is 1.31 bits per heavy atom. The van der Waals surface area contributed by atoms with Crippen molar-refractivity contribution in [1.82, 2.24) is 0 Å². The van der Waals surface area contributed by atoms with Crippen molar-refractivity contribution >= 4 is 14.3 Å². The van der Waals surface area contributed by atoms with Gasteiger partial charge in [0.2, 0.25) is 0 Å². The van der Waals surface area contributed by atoms with E-state index in [1.165, 1.54) is 11.6 Å². The molecule has 0 aromatic heterocycles. The Morgan fingerprint density at radius 3 is 2.46 bits per heavy atom. The smallest absolute Gasteiger partial charge is 0.327 e. The van der Waals surface area contributed by atoms with Gasteiger partial charge in [-0.3, -0.25) is 0 Å². The summed E-state index contributed by atoms with van der Waals surface area (Å²) in [6, 6.07) is 10.2. The second-order valence-corrected chi connectivity index (χ2v) is 13.4. The van der Waals surface area contributed by atoms with Gasteiger partial charge in [0.15, 0.2) is 8.32 Å². The molecule has 1 aromatic carbocycles. The third kappa shape index (κ3) is 5.28. The van der Waals surface area contributed by atoms with Gasteiger partial charge < -0.3 is 14.3 Å². The highest BCUT2D eigenvalue weighted by atomic mass is 28.4. The highest BCUT2D eigenvalue weighted by Crippen LogP contribution is 2.46. The van der Waals surface area contributed by atoms with E-state index in [1.54, 1.807) is 6.08 Å². The zero-order chi connectivity index (χ0) is 19.5. The molecule has 0 bridgehead atoms. The molecular formula is C21H32O4Si. The van der Waals surface area contributed by atoms with Crippen LogP contribution < -0.4 is 0 Å². The van der Waals surface area contributed by atoms with Crippen LogP contribution in [0.5, 0.6) is 0 Å². The van der Waals surface area contributed by atoms with Gasteiger partial charge in [0.05, 0.1) is 12.2 Å². The van der Waals surface area contributed by atoms with Crippen molar-refractivity contribution in [2.24, 2.45) is 5.92 Å². The molecule has 4 atom stereocenters. The van der Waals surface area contributed by atoms with E-state index in [2.05, 4.69) is 52.9 Å². The molecule has 144 valence electrons. The van der Waals surface area contributed by atoms with E-state index >= 15 is 0 Å². The highest BCUT2D eigenvalue weighted by molar-refractivity contribution is 6.74. The molecule has 0 aliphatic carbocycles. The fourth-order valence-corrected chi connectivity index (χ4v) is 4.30. The molecule has 0 unspecified atom stereocenters. The Bertz CT molecular complexity index is 633. The van der Waals surface area contributed by atoms with E-state index < -0.39 is 14.3 Å². The van der Waals surface area contributed by atoms with Crippen LogP contribution in [0.25, 0.3) is 0 Å². The van der Waals surface area contributed by atoms with Crippen LogP contribution in [0, 0.1) is 5.92 Å². The molecule has 1 heterocycles. The largest absolute Gasteiger partial charge is 0.478 e. The summed E-state index contributed by atoms with van der Waals surface area (Å²) in [6.45, 7) is 13.3. The van der Waals surface area contributed by atoms with Gasteiger partial charge in [-0.2, -0.15) is 0 Å². The molecule has 1 aliphatic heterocycles.